The first-order chi connectivity index (χ1) is 10.3. The third-order valence-electron chi connectivity index (χ3n) is 3.29. The van der Waals surface area contributed by atoms with Gasteiger partial charge < -0.3 is 20.1 Å². The molecule has 3 rings (SSSR count). The summed E-state index contributed by atoms with van der Waals surface area (Å²) in [5, 5.41) is 5.91. The summed E-state index contributed by atoms with van der Waals surface area (Å²) in [6, 6.07) is 13.2. The van der Waals surface area contributed by atoms with Gasteiger partial charge in [-0.3, -0.25) is 4.79 Å². The van der Waals surface area contributed by atoms with Crippen LogP contribution in [0.5, 0.6) is 11.5 Å². The summed E-state index contributed by atoms with van der Waals surface area (Å²) in [6.45, 7) is 0.925. The van der Waals surface area contributed by atoms with E-state index in [2.05, 4.69) is 10.6 Å². The standard InChI is InChI=1S/C16H16N2O3/c1-17-16(19)12-3-2-4-13(8-12)18-9-11-5-6-14-15(7-11)21-10-20-14/h2-8,18H,9-10H2,1H3,(H,17,19). The van der Waals surface area contributed by atoms with Crippen LogP contribution in [0.2, 0.25) is 0 Å². The van der Waals surface area contributed by atoms with E-state index < -0.39 is 0 Å². The van der Waals surface area contributed by atoms with E-state index in [1.807, 2.05) is 36.4 Å². The summed E-state index contributed by atoms with van der Waals surface area (Å²) in [6.07, 6.45) is 0. The molecule has 2 N–H and O–H groups in total. The second-order valence-electron chi connectivity index (χ2n) is 4.70. The topological polar surface area (TPSA) is 59.6 Å². The number of rotatable bonds is 4. The fraction of sp³-hybridized carbons (Fsp3) is 0.188. The van der Waals surface area contributed by atoms with Gasteiger partial charge in [-0.25, -0.2) is 0 Å². The summed E-state index contributed by atoms with van der Waals surface area (Å²) in [5.41, 5.74) is 2.62. The van der Waals surface area contributed by atoms with Crippen LogP contribution in [0.4, 0.5) is 5.69 Å². The number of amides is 1. The number of fused-ring (bicyclic) bond motifs is 1. The highest BCUT2D eigenvalue weighted by molar-refractivity contribution is 5.94. The van der Waals surface area contributed by atoms with E-state index in [-0.39, 0.29) is 12.7 Å². The molecule has 108 valence electrons. The molecule has 1 aliphatic heterocycles. The molecule has 21 heavy (non-hydrogen) atoms. The van der Waals surface area contributed by atoms with Gasteiger partial charge in [-0.2, -0.15) is 0 Å². The lowest BCUT2D eigenvalue weighted by molar-refractivity contribution is 0.0963. The molecule has 0 saturated carbocycles. The number of nitrogens with one attached hydrogen (secondary N) is 2. The second-order valence-corrected chi connectivity index (χ2v) is 4.70. The van der Waals surface area contributed by atoms with Gasteiger partial charge in [0.15, 0.2) is 11.5 Å². The van der Waals surface area contributed by atoms with Crippen molar-refractivity contribution in [2.24, 2.45) is 0 Å². The first-order valence-electron chi connectivity index (χ1n) is 6.71. The molecule has 0 atom stereocenters. The number of hydrogen-bond donors (Lipinski definition) is 2. The zero-order valence-electron chi connectivity index (χ0n) is 11.7. The van der Waals surface area contributed by atoms with Gasteiger partial charge >= 0.3 is 0 Å². The zero-order valence-corrected chi connectivity index (χ0v) is 11.7. The van der Waals surface area contributed by atoms with Crippen molar-refractivity contribution in [2.75, 3.05) is 19.2 Å². The lowest BCUT2D eigenvalue weighted by atomic mass is 10.1. The van der Waals surface area contributed by atoms with Crippen molar-refractivity contribution in [1.82, 2.24) is 5.32 Å². The van der Waals surface area contributed by atoms with Gasteiger partial charge in [-0.05, 0) is 35.9 Å². The van der Waals surface area contributed by atoms with Crippen LogP contribution in [0.3, 0.4) is 0 Å². The zero-order chi connectivity index (χ0) is 14.7. The minimum atomic E-state index is -0.0956. The quantitative estimate of drug-likeness (QED) is 0.905. The van der Waals surface area contributed by atoms with Crippen molar-refractivity contribution in [3.05, 3.63) is 53.6 Å². The van der Waals surface area contributed by atoms with E-state index in [9.17, 15) is 4.79 Å². The Kier molecular flexibility index (Phi) is 3.64. The van der Waals surface area contributed by atoms with Crippen LogP contribution in [0.25, 0.3) is 0 Å². The number of carbonyl (C=O) groups excluding carboxylic acids is 1. The Bertz CT molecular complexity index is 670. The molecule has 0 bridgehead atoms. The first-order valence-corrected chi connectivity index (χ1v) is 6.71. The Hall–Kier alpha value is -2.69. The van der Waals surface area contributed by atoms with Crippen molar-refractivity contribution in [2.45, 2.75) is 6.54 Å². The van der Waals surface area contributed by atoms with E-state index in [1.165, 1.54) is 0 Å². The molecular weight excluding hydrogens is 268 g/mol. The highest BCUT2D eigenvalue weighted by Gasteiger charge is 2.13. The maximum Gasteiger partial charge on any atom is 0.251 e. The monoisotopic (exact) mass is 284 g/mol. The molecule has 5 nitrogen and oxygen atoms in total. The van der Waals surface area contributed by atoms with Crippen LogP contribution in [0.1, 0.15) is 15.9 Å². The highest BCUT2D eigenvalue weighted by Crippen LogP contribution is 2.32. The minimum Gasteiger partial charge on any atom is -0.454 e. The van der Waals surface area contributed by atoms with E-state index >= 15 is 0 Å². The molecule has 2 aromatic rings. The molecule has 0 aliphatic carbocycles. The Balaban J connectivity index is 1.69. The van der Waals surface area contributed by atoms with Gasteiger partial charge in [0, 0.05) is 24.8 Å². The molecule has 0 fully saturated rings. The molecule has 2 aromatic carbocycles. The molecular formula is C16H16N2O3. The second kappa shape index (κ2) is 5.75. The molecule has 1 aliphatic rings. The third kappa shape index (κ3) is 2.91. The fourth-order valence-corrected chi connectivity index (χ4v) is 2.17. The number of hydrogen-bond acceptors (Lipinski definition) is 4. The Morgan fingerprint density at radius 1 is 1.14 bits per heavy atom. The largest absolute Gasteiger partial charge is 0.454 e. The smallest absolute Gasteiger partial charge is 0.251 e. The van der Waals surface area contributed by atoms with Crippen LogP contribution in [0, 0.1) is 0 Å². The number of benzene rings is 2. The Labute approximate surface area is 122 Å². The molecule has 0 saturated heterocycles. The predicted octanol–water partition coefficient (Wildman–Crippen LogP) is 2.39. The van der Waals surface area contributed by atoms with Gasteiger partial charge in [-0.15, -0.1) is 0 Å². The summed E-state index contributed by atoms with van der Waals surface area (Å²) in [5.74, 6) is 1.45. The van der Waals surface area contributed by atoms with Crippen molar-refractivity contribution in [3.63, 3.8) is 0 Å². The van der Waals surface area contributed by atoms with Gasteiger partial charge in [0.2, 0.25) is 6.79 Å². The summed E-state index contributed by atoms with van der Waals surface area (Å²) >= 11 is 0. The molecule has 0 spiro atoms. The van der Waals surface area contributed by atoms with Crippen LogP contribution < -0.4 is 20.1 Å². The van der Waals surface area contributed by atoms with Crippen LogP contribution in [0.15, 0.2) is 42.5 Å². The van der Waals surface area contributed by atoms with Crippen molar-refractivity contribution < 1.29 is 14.3 Å². The summed E-state index contributed by atoms with van der Waals surface area (Å²) in [7, 11) is 1.62. The van der Waals surface area contributed by atoms with E-state index in [0.29, 0.717) is 12.1 Å². The number of ether oxygens (including phenoxy) is 2. The lowest BCUT2D eigenvalue weighted by Crippen LogP contribution is -2.17. The maximum absolute atomic E-state index is 11.6. The molecule has 0 unspecified atom stereocenters. The average molecular weight is 284 g/mol. The lowest BCUT2D eigenvalue weighted by Gasteiger charge is -2.08. The highest BCUT2D eigenvalue weighted by atomic mass is 16.7. The molecule has 5 heteroatoms. The normalized spacial score (nSPS) is 12.0. The molecule has 0 radical (unpaired) electrons. The van der Waals surface area contributed by atoms with E-state index in [0.717, 1.165) is 22.7 Å². The van der Waals surface area contributed by atoms with Crippen molar-refractivity contribution >= 4 is 11.6 Å². The number of carbonyl (C=O) groups is 1. The first kappa shape index (κ1) is 13.3. The van der Waals surface area contributed by atoms with Gasteiger partial charge in [0.1, 0.15) is 0 Å². The van der Waals surface area contributed by atoms with Gasteiger partial charge in [0.05, 0.1) is 0 Å². The average Bonchev–Trinajstić information content (AvgIpc) is 3.00. The predicted molar refractivity (Wildman–Crippen MR) is 79.7 cm³/mol. The molecule has 0 aromatic heterocycles. The number of anilines is 1. The van der Waals surface area contributed by atoms with Crippen LogP contribution in [-0.2, 0) is 6.54 Å². The summed E-state index contributed by atoms with van der Waals surface area (Å²) < 4.78 is 10.6. The van der Waals surface area contributed by atoms with Gasteiger partial charge in [-0.1, -0.05) is 12.1 Å². The fourth-order valence-electron chi connectivity index (χ4n) is 2.17. The van der Waals surface area contributed by atoms with Crippen LogP contribution in [-0.4, -0.2) is 19.7 Å². The minimum absolute atomic E-state index is 0.0956. The molecule has 1 heterocycles. The van der Waals surface area contributed by atoms with Crippen molar-refractivity contribution in [3.8, 4) is 11.5 Å². The van der Waals surface area contributed by atoms with Crippen LogP contribution >= 0.6 is 0 Å². The maximum atomic E-state index is 11.6. The van der Waals surface area contributed by atoms with Crippen molar-refractivity contribution in [1.29, 1.82) is 0 Å². The Morgan fingerprint density at radius 2 is 2.00 bits per heavy atom. The molecule has 1 amide bonds. The van der Waals surface area contributed by atoms with E-state index in [4.69, 9.17) is 9.47 Å². The SMILES string of the molecule is CNC(=O)c1cccc(NCc2ccc3c(c2)OCO3)c1. The third-order valence-corrected chi connectivity index (χ3v) is 3.29. The Morgan fingerprint density at radius 3 is 2.86 bits per heavy atom. The van der Waals surface area contributed by atoms with Gasteiger partial charge in [0.25, 0.3) is 5.91 Å². The van der Waals surface area contributed by atoms with E-state index in [1.54, 1.807) is 13.1 Å². The summed E-state index contributed by atoms with van der Waals surface area (Å²) in [4.78, 5) is 11.6.